The Morgan fingerprint density at radius 3 is 2.48 bits per heavy atom. The van der Waals surface area contributed by atoms with Gasteiger partial charge in [0.05, 0.1) is 7.11 Å². The monoisotopic (exact) mass is 344 g/mol. The highest BCUT2D eigenvalue weighted by Gasteiger charge is 2.10. The second kappa shape index (κ2) is 7.03. The van der Waals surface area contributed by atoms with Crippen LogP contribution >= 0.6 is 34.8 Å². The molecule has 0 atom stereocenters. The number of methoxy groups -OCH3 is 1. The van der Waals surface area contributed by atoms with Crippen LogP contribution in [0.5, 0.6) is 11.5 Å². The van der Waals surface area contributed by atoms with Gasteiger partial charge in [0.15, 0.2) is 11.5 Å². The number of hydrogen-bond acceptors (Lipinski definition) is 3. The molecule has 110 valence electrons. The van der Waals surface area contributed by atoms with Gasteiger partial charge in [-0.05, 0) is 41.9 Å². The van der Waals surface area contributed by atoms with E-state index in [2.05, 4.69) is 0 Å². The van der Waals surface area contributed by atoms with E-state index in [9.17, 15) is 4.79 Å². The Kier molecular flexibility index (Phi) is 5.34. The topological polar surface area (TPSA) is 35.5 Å². The molecule has 0 aliphatic carbocycles. The standard InChI is InChI=1S/C15H11Cl3O3/c1-20-13-5-3-9(15(18)19)6-14(13)21-8-10-2-4-11(16)7-12(10)17/h2-7H,8H2,1H3. The molecule has 2 rings (SSSR count). The molecule has 3 nitrogen and oxygen atoms in total. The lowest BCUT2D eigenvalue weighted by atomic mass is 10.2. The molecule has 0 unspecified atom stereocenters. The third-order valence-corrected chi connectivity index (χ3v) is 3.59. The van der Waals surface area contributed by atoms with Crippen molar-refractivity contribution in [3.05, 3.63) is 57.6 Å². The highest BCUT2D eigenvalue weighted by Crippen LogP contribution is 2.30. The van der Waals surface area contributed by atoms with E-state index in [1.807, 2.05) is 0 Å². The number of rotatable bonds is 5. The summed E-state index contributed by atoms with van der Waals surface area (Å²) < 4.78 is 10.8. The average molecular weight is 346 g/mol. The molecule has 21 heavy (non-hydrogen) atoms. The number of halogens is 3. The zero-order valence-electron chi connectivity index (χ0n) is 11.0. The number of benzene rings is 2. The minimum atomic E-state index is -0.563. The Hall–Kier alpha value is -1.42. The molecule has 0 spiro atoms. The Morgan fingerprint density at radius 2 is 1.86 bits per heavy atom. The van der Waals surface area contributed by atoms with E-state index < -0.39 is 5.24 Å². The molecule has 0 radical (unpaired) electrons. The maximum Gasteiger partial charge on any atom is 0.252 e. The van der Waals surface area contributed by atoms with Gasteiger partial charge in [-0.2, -0.15) is 0 Å². The molecule has 6 heteroatoms. The second-order valence-electron chi connectivity index (χ2n) is 4.16. The predicted molar refractivity (Wildman–Crippen MR) is 84.0 cm³/mol. The van der Waals surface area contributed by atoms with Crippen LogP contribution < -0.4 is 9.47 Å². The van der Waals surface area contributed by atoms with E-state index in [0.29, 0.717) is 27.1 Å². The summed E-state index contributed by atoms with van der Waals surface area (Å²) in [6, 6.07) is 9.84. The summed E-state index contributed by atoms with van der Waals surface area (Å²) in [5.41, 5.74) is 1.10. The van der Waals surface area contributed by atoms with Gasteiger partial charge < -0.3 is 9.47 Å². The third-order valence-electron chi connectivity index (χ3n) is 2.79. The molecule has 0 aromatic heterocycles. The summed E-state index contributed by atoms with van der Waals surface area (Å²) >= 11 is 17.4. The fraction of sp³-hybridized carbons (Fsp3) is 0.133. The first-order valence-corrected chi connectivity index (χ1v) is 7.09. The molecule has 0 saturated heterocycles. The van der Waals surface area contributed by atoms with Gasteiger partial charge in [0.25, 0.3) is 5.24 Å². The van der Waals surface area contributed by atoms with Crippen molar-refractivity contribution in [1.82, 2.24) is 0 Å². The van der Waals surface area contributed by atoms with Gasteiger partial charge in [-0.15, -0.1) is 0 Å². The minimum absolute atomic E-state index is 0.215. The third kappa shape index (κ3) is 4.03. The first-order valence-electron chi connectivity index (χ1n) is 5.96. The van der Waals surface area contributed by atoms with Crippen LogP contribution in [0.4, 0.5) is 0 Å². The molecule has 0 N–H and O–H groups in total. The maximum absolute atomic E-state index is 11.2. The molecule has 0 heterocycles. The molecule has 0 aliphatic rings. The molecule has 0 fully saturated rings. The van der Waals surface area contributed by atoms with Crippen molar-refractivity contribution in [2.45, 2.75) is 6.61 Å². The van der Waals surface area contributed by atoms with Crippen molar-refractivity contribution in [1.29, 1.82) is 0 Å². The van der Waals surface area contributed by atoms with E-state index in [1.165, 1.54) is 13.2 Å². The van der Waals surface area contributed by atoms with Crippen molar-refractivity contribution in [3.8, 4) is 11.5 Å². The summed E-state index contributed by atoms with van der Waals surface area (Å²) in [6.45, 7) is 0.215. The molecule has 0 saturated carbocycles. The van der Waals surface area contributed by atoms with E-state index in [-0.39, 0.29) is 6.61 Å². The van der Waals surface area contributed by atoms with Crippen molar-refractivity contribution in [3.63, 3.8) is 0 Å². The SMILES string of the molecule is COc1ccc(C(=O)Cl)cc1OCc1ccc(Cl)cc1Cl. The fourth-order valence-corrected chi connectivity index (χ4v) is 2.29. The molecular formula is C15H11Cl3O3. The lowest BCUT2D eigenvalue weighted by Crippen LogP contribution is -2.00. The molecular weight excluding hydrogens is 335 g/mol. The maximum atomic E-state index is 11.2. The van der Waals surface area contributed by atoms with E-state index in [0.717, 1.165) is 5.56 Å². The first-order chi connectivity index (χ1) is 10.0. The van der Waals surface area contributed by atoms with Gasteiger partial charge >= 0.3 is 0 Å². The van der Waals surface area contributed by atoms with Gasteiger partial charge in [-0.3, -0.25) is 4.79 Å². The van der Waals surface area contributed by atoms with Gasteiger partial charge in [-0.25, -0.2) is 0 Å². The molecule has 0 amide bonds. The van der Waals surface area contributed by atoms with Crippen molar-refractivity contribution in [2.75, 3.05) is 7.11 Å². The number of carbonyl (C=O) groups excluding carboxylic acids is 1. The Balaban J connectivity index is 2.22. The van der Waals surface area contributed by atoms with Crippen molar-refractivity contribution < 1.29 is 14.3 Å². The fourth-order valence-electron chi connectivity index (χ4n) is 1.71. The van der Waals surface area contributed by atoms with E-state index >= 15 is 0 Å². The van der Waals surface area contributed by atoms with Crippen LogP contribution in [0, 0.1) is 0 Å². The molecule has 2 aromatic carbocycles. The van der Waals surface area contributed by atoms with Crippen LogP contribution in [0.3, 0.4) is 0 Å². The average Bonchev–Trinajstić information content (AvgIpc) is 2.46. The lowest BCUT2D eigenvalue weighted by Gasteiger charge is -2.12. The smallest absolute Gasteiger partial charge is 0.252 e. The quantitative estimate of drug-likeness (QED) is 0.718. The van der Waals surface area contributed by atoms with Crippen molar-refractivity contribution in [2.24, 2.45) is 0 Å². The Morgan fingerprint density at radius 1 is 1.10 bits per heavy atom. The summed E-state index contributed by atoms with van der Waals surface area (Å²) in [6.07, 6.45) is 0. The summed E-state index contributed by atoms with van der Waals surface area (Å²) in [5, 5.41) is 0.495. The molecule has 0 aliphatic heterocycles. The Labute approximate surface area is 137 Å². The van der Waals surface area contributed by atoms with Gasteiger partial charge in [0.2, 0.25) is 0 Å². The molecule has 0 bridgehead atoms. The molecule has 2 aromatic rings. The predicted octanol–water partition coefficient (Wildman–Crippen LogP) is 4.96. The first kappa shape index (κ1) is 16.0. The zero-order valence-corrected chi connectivity index (χ0v) is 13.3. The summed E-state index contributed by atoms with van der Waals surface area (Å²) in [4.78, 5) is 11.2. The highest BCUT2D eigenvalue weighted by molar-refractivity contribution is 6.67. The van der Waals surface area contributed by atoms with Crippen LogP contribution in [0.1, 0.15) is 15.9 Å². The largest absolute Gasteiger partial charge is 0.493 e. The normalized spacial score (nSPS) is 10.3. The van der Waals surface area contributed by atoms with E-state index in [4.69, 9.17) is 44.3 Å². The van der Waals surface area contributed by atoms with Crippen LogP contribution in [-0.2, 0) is 6.61 Å². The van der Waals surface area contributed by atoms with Crippen LogP contribution in [0.15, 0.2) is 36.4 Å². The number of hydrogen-bond donors (Lipinski definition) is 0. The number of carbonyl (C=O) groups is 1. The minimum Gasteiger partial charge on any atom is -0.493 e. The lowest BCUT2D eigenvalue weighted by molar-refractivity contribution is 0.108. The second-order valence-corrected chi connectivity index (χ2v) is 5.35. The summed E-state index contributed by atoms with van der Waals surface area (Å²) in [5.74, 6) is 0.914. The summed E-state index contributed by atoms with van der Waals surface area (Å²) in [7, 11) is 1.51. The van der Waals surface area contributed by atoms with Gasteiger partial charge in [-0.1, -0.05) is 29.3 Å². The van der Waals surface area contributed by atoms with Crippen molar-refractivity contribution >= 4 is 40.0 Å². The van der Waals surface area contributed by atoms with Gasteiger partial charge in [0.1, 0.15) is 6.61 Å². The zero-order chi connectivity index (χ0) is 15.4. The number of ether oxygens (including phenoxy) is 2. The van der Waals surface area contributed by atoms with Crippen LogP contribution in [0.25, 0.3) is 0 Å². The van der Waals surface area contributed by atoms with Gasteiger partial charge in [0, 0.05) is 21.2 Å². The van der Waals surface area contributed by atoms with Crippen LogP contribution in [0.2, 0.25) is 10.0 Å². The highest BCUT2D eigenvalue weighted by atomic mass is 35.5. The van der Waals surface area contributed by atoms with E-state index in [1.54, 1.807) is 30.3 Å². The van der Waals surface area contributed by atoms with Crippen LogP contribution in [-0.4, -0.2) is 12.4 Å². The Bertz CT molecular complexity index is 671.